The van der Waals surface area contributed by atoms with Gasteiger partial charge in [-0.2, -0.15) is 0 Å². The standard InChI is InChI=1S/C26H22N2/c1-27-24-10-6-4-8-20(24)22-15-17(12-14-25(22)27)18-11-13-21-19-7-3-5-9-23(19)28(2)26(21)16-18/h3-16,20,24H,1-2H3. The van der Waals surface area contributed by atoms with E-state index in [0.717, 1.165) is 0 Å². The number of aromatic nitrogens is 1. The third-order valence-electron chi connectivity index (χ3n) is 6.57. The maximum atomic E-state index is 2.40. The number of rotatable bonds is 1. The first kappa shape index (κ1) is 15.8. The van der Waals surface area contributed by atoms with Crippen LogP contribution in [-0.2, 0) is 7.05 Å². The Hall–Kier alpha value is -3.26. The first-order valence-corrected chi connectivity index (χ1v) is 9.92. The lowest BCUT2D eigenvalue weighted by Gasteiger charge is -2.23. The highest BCUT2D eigenvalue weighted by molar-refractivity contribution is 6.09. The smallest absolute Gasteiger partial charge is 0.0577 e. The van der Waals surface area contributed by atoms with Crippen LogP contribution in [0.3, 0.4) is 0 Å². The number of fused-ring (bicyclic) bond motifs is 6. The number of anilines is 1. The Kier molecular flexibility index (Phi) is 3.16. The molecular weight excluding hydrogens is 340 g/mol. The molecule has 0 bridgehead atoms. The molecule has 136 valence electrons. The molecule has 4 aromatic rings. The van der Waals surface area contributed by atoms with Crippen molar-refractivity contribution < 1.29 is 0 Å². The fraction of sp³-hybridized carbons (Fsp3) is 0.154. The van der Waals surface area contributed by atoms with Gasteiger partial charge in [0, 0.05) is 47.5 Å². The highest BCUT2D eigenvalue weighted by Crippen LogP contribution is 2.44. The monoisotopic (exact) mass is 362 g/mol. The minimum absolute atomic E-state index is 0.441. The number of aryl methyl sites for hydroxylation is 1. The molecule has 3 aromatic carbocycles. The molecule has 2 unspecified atom stereocenters. The van der Waals surface area contributed by atoms with Crippen LogP contribution in [-0.4, -0.2) is 17.7 Å². The van der Waals surface area contributed by atoms with Gasteiger partial charge in [0.2, 0.25) is 0 Å². The number of nitrogens with zero attached hydrogens (tertiary/aromatic N) is 2. The summed E-state index contributed by atoms with van der Waals surface area (Å²) >= 11 is 0. The van der Waals surface area contributed by atoms with Crippen LogP contribution in [0.5, 0.6) is 0 Å². The van der Waals surface area contributed by atoms with Gasteiger partial charge in [-0.05, 0) is 41.0 Å². The van der Waals surface area contributed by atoms with Crippen molar-refractivity contribution >= 4 is 27.5 Å². The Morgan fingerprint density at radius 1 is 0.714 bits per heavy atom. The largest absolute Gasteiger partial charge is 0.367 e. The minimum atomic E-state index is 0.441. The van der Waals surface area contributed by atoms with Gasteiger partial charge in [-0.15, -0.1) is 0 Å². The van der Waals surface area contributed by atoms with Gasteiger partial charge in [0.25, 0.3) is 0 Å². The lowest BCUT2D eigenvalue weighted by atomic mass is 9.90. The Morgan fingerprint density at radius 2 is 1.46 bits per heavy atom. The fourth-order valence-electron chi connectivity index (χ4n) is 5.08. The molecule has 6 rings (SSSR count). The van der Waals surface area contributed by atoms with E-state index >= 15 is 0 Å². The van der Waals surface area contributed by atoms with Crippen molar-refractivity contribution in [3.8, 4) is 11.1 Å². The molecule has 0 fully saturated rings. The van der Waals surface area contributed by atoms with Crippen molar-refractivity contribution in [1.29, 1.82) is 0 Å². The van der Waals surface area contributed by atoms with Crippen molar-refractivity contribution in [3.63, 3.8) is 0 Å². The number of benzene rings is 3. The van der Waals surface area contributed by atoms with Gasteiger partial charge in [-0.25, -0.2) is 0 Å². The van der Waals surface area contributed by atoms with Crippen LogP contribution in [0.2, 0.25) is 0 Å². The van der Waals surface area contributed by atoms with E-state index in [1.807, 2.05) is 0 Å². The summed E-state index contributed by atoms with van der Waals surface area (Å²) in [5.74, 6) is 0.450. The van der Waals surface area contributed by atoms with E-state index in [0.29, 0.717) is 12.0 Å². The molecule has 2 atom stereocenters. The molecule has 0 saturated carbocycles. The van der Waals surface area contributed by atoms with Gasteiger partial charge in [0.05, 0.1) is 6.04 Å². The average molecular weight is 362 g/mol. The quantitative estimate of drug-likeness (QED) is 0.401. The molecule has 0 radical (unpaired) electrons. The van der Waals surface area contributed by atoms with E-state index in [9.17, 15) is 0 Å². The summed E-state index contributed by atoms with van der Waals surface area (Å²) in [5.41, 5.74) is 7.93. The summed E-state index contributed by atoms with van der Waals surface area (Å²) in [7, 11) is 4.37. The van der Waals surface area contributed by atoms with E-state index in [-0.39, 0.29) is 0 Å². The van der Waals surface area contributed by atoms with Gasteiger partial charge >= 0.3 is 0 Å². The molecule has 1 aliphatic heterocycles. The predicted molar refractivity (Wildman–Crippen MR) is 119 cm³/mol. The fourth-order valence-corrected chi connectivity index (χ4v) is 5.08. The van der Waals surface area contributed by atoms with Crippen LogP contribution >= 0.6 is 0 Å². The second kappa shape index (κ2) is 5.62. The van der Waals surface area contributed by atoms with Gasteiger partial charge in [-0.3, -0.25) is 0 Å². The van der Waals surface area contributed by atoms with Crippen LogP contribution in [0.15, 0.2) is 85.0 Å². The number of allylic oxidation sites excluding steroid dienone is 2. The van der Waals surface area contributed by atoms with Crippen molar-refractivity contribution in [3.05, 3.63) is 90.5 Å². The molecule has 2 aliphatic rings. The summed E-state index contributed by atoms with van der Waals surface area (Å²) in [6.07, 6.45) is 8.99. The summed E-state index contributed by atoms with van der Waals surface area (Å²) in [4.78, 5) is 2.40. The molecule has 0 spiro atoms. The second-order valence-electron chi connectivity index (χ2n) is 7.98. The van der Waals surface area contributed by atoms with E-state index in [2.05, 4.69) is 109 Å². The van der Waals surface area contributed by atoms with E-state index in [1.165, 1.54) is 44.2 Å². The van der Waals surface area contributed by atoms with Gasteiger partial charge in [0.15, 0.2) is 0 Å². The minimum Gasteiger partial charge on any atom is -0.367 e. The summed E-state index contributed by atoms with van der Waals surface area (Å²) < 4.78 is 2.31. The molecule has 28 heavy (non-hydrogen) atoms. The summed E-state index contributed by atoms with van der Waals surface area (Å²) in [5, 5.41) is 2.65. The number of hydrogen-bond acceptors (Lipinski definition) is 1. The van der Waals surface area contributed by atoms with Crippen molar-refractivity contribution in [2.45, 2.75) is 12.0 Å². The van der Waals surface area contributed by atoms with Crippen LogP contribution < -0.4 is 4.90 Å². The first-order valence-electron chi connectivity index (χ1n) is 9.92. The topological polar surface area (TPSA) is 8.17 Å². The maximum absolute atomic E-state index is 2.40. The maximum Gasteiger partial charge on any atom is 0.0577 e. The molecule has 2 heterocycles. The van der Waals surface area contributed by atoms with Crippen molar-refractivity contribution in [1.82, 2.24) is 4.57 Å². The molecule has 1 aromatic heterocycles. The molecule has 0 saturated heterocycles. The van der Waals surface area contributed by atoms with E-state index < -0.39 is 0 Å². The second-order valence-corrected chi connectivity index (χ2v) is 7.98. The predicted octanol–water partition coefficient (Wildman–Crippen LogP) is 6.03. The molecule has 1 aliphatic carbocycles. The van der Waals surface area contributed by atoms with Gasteiger partial charge in [-0.1, -0.05) is 60.7 Å². The van der Waals surface area contributed by atoms with Crippen LogP contribution in [0.25, 0.3) is 32.9 Å². The van der Waals surface area contributed by atoms with Crippen LogP contribution in [0.4, 0.5) is 5.69 Å². The number of para-hydroxylation sites is 1. The zero-order valence-electron chi connectivity index (χ0n) is 16.1. The Balaban J connectivity index is 1.52. The molecular formula is C26H22N2. The summed E-state index contributed by atoms with van der Waals surface area (Å²) in [6, 6.07) is 22.9. The molecule has 2 nitrogen and oxygen atoms in total. The number of hydrogen-bond donors (Lipinski definition) is 0. The SMILES string of the molecule is CN1c2ccc(-c3ccc4c5ccccc5n(C)c4c3)cc2C2C=CC=CC21. The summed E-state index contributed by atoms with van der Waals surface area (Å²) in [6.45, 7) is 0. The van der Waals surface area contributed by atoms with E-state index in [1.54, 1.807) is 0 Å². The van der Waals surface area contributed by atoms with Crippen molar-refractivity contribution in [2.75, 3.05) is 11.9 Å². The average Bonchev–Trinajstić information content (AvgIpc) is 3.20. The number of likely N-dealkylation sites (N-methyl/N-ethyl adjacent to an activating group) is 1. The molecule has 2 heteroatoms. The zero-order chi connectivity index (χ0) is 18.8. The Bertz CT molecular complexity index is 1310. The van der Waals surface area contributed by atoms with Gasteiger partial charge < -0.3 is 9.47 Å². The lowest BCUT2D eigenvalue weighted by molar-refractivity contribution is 0.723. The first-order chi connectivity index (χ1) is 13.7. The third kappa shape index (κ3) is 2.03. The van der Waals surface area contributed by atoms with Gasteiger partial charge in [0.1, 0.15) is 0 Å². The van der Waals surface area contributed by atoms with Crippen molar-refractivity contribution in [2.24, 2.45) is 7.05 Å². The van der Waals surface area contributed by atoms with E-state index in [4.69, 9.17) is 0 Å². The highest BCUT2D eigenvalue weighted by atomic mass is 15.2. The normalized spacial score (nSPS) is 20.1. The van der Waals surface area contributed by atoms with Crippen LogP contribution in [0, 0.1) is 0 Å². The Morgan fingerprint density at radius 3 is 2.39 bits per heavy atom. The van der Waals surface area contributed by atoms with Crippen LogP contribution in [0.1, 0.15) is 11.5 Å². The third-order valence-corrected chi connectivity index (χ3v) is 6.57. The zero-order valence-corrected chi connectivity index (χ0v) is 16.1. The highest BCUT2D eigenvalue weighted by Gasteiger charge is 2.34. The molecule has 0 N–H and O–H groups in total. The Labute approximate surface area is 165 Å². The lowest BCUT2D eigenvalue weighted by Crippen LogP contribution is -2.28. The molecule has 0 amide bonds.